The van der Waals surface area contributed by atoms with Crippen molar-refractivity contribution in [2.45, 2.75) is 13.8 Å². The molecule has 4 rings (SSSR count). The fourth-order valence-electron chi connectivity index (χ4n) is 3.69. The molecule has 3 aromatic rings. The van der Waals surface area contributed by atoms with Crippen molar-refractivity contribution in [3.8, 4) is 5.75 Å². The Hall–Kier alpha value is -3.47. The van der Waals surface area contributed by atoms with Crippen LogP contribution < -0.4 is 20.3 Å². The van der Waals surface area contributed by atoms with Crippen molar-refractivity contribution in [2.75, 3.05) is 16.8 Å². The molecule has 1 aliphatic rings. The summed E-state index contributed by atoms with van der Waals surface area (Å²) in [5.41, 5.74) is 3.18. The largest absolute Gasteiger partial charge is 0.481 e. The molecule has 0 saturated carbocycles. The highest BCUT2D eigenvalue weighted by Gasteiger charge is 2.37. The number of amides is 5. The molecule has 0 aromatic heterocycles. The standard InChI is InChI=1S/C27H20Br2ClN3O5/c1-14-5-3-8-22(15(14)2)31-23(34)13-38-24-20(28)10-16(11-21(24)29)9-19-25(35)32-27(37)33(26(19)36)18-7-4-6-17(30)12-18/h3-12H,13H2,1-2H3,(H,31,34)(H,32,35,37)/b19-9+. The minimum Gasteiger partial charge on any atom is -0.481 e. The molecule has 2 N–H and O–H groups in total. The second-order valence-corrected chi connectivity index (χ2v) is 10.5. The summed E-state index contributed by atoms with van der Waals surface area (Å²) in [6.45, 7) is 3.64. The maximum atomic E-state index is 13.1. The van der Waals surface area contributed by atoms with Gasteiger partial charge in [0, 0.05) is 10.7 Å². The van der Waals surface area contributed by atoms with Crippen molar-refractivity contribution in [2.24, 2.45) is 0 Å². The number of imide groups is 2. The van der Waals surface area contributed by atoms with Gasteiger partial charge in [0.25, 0.3) is 17.7 Å². The van der Waals surface area contributed by atoms with Crippen LogP contribution >= 0.6 is 43.5 Å². The van der Waals surface area contributed by atoms with Gasteiger partial charge in [-0.25, -0.2) is 9.69 Å². The van der Waals surface area contributed by atoms with E-state index in [9.17, 15) is 19.2 Å². The molecule has 1 aliphatic heterocycles. The van der Waals surface area contributed by atoms with E-state index in [-0.39, 0.29) is 23.8 Å². The normalized spacial score (nSPS) is 14.5. The number of hydrogen-bond donors (Lipinski definition) is 2. The fraction of sp³-hybridized carbons (Fsp3) is 0.111. The van der Waals surface area contributed by atoms with E-state index in [4.69, 9.17) is 16.3 Å². The minimum absolute atomic E-state index is 0.226. The van der Waals surface area contributed by atoms with Gasteiger partial charge in [-0.1, -0.05) is 29.8 Å². The Bertz CT molecular complexity index is 1500. The summed E-state index contributed by atoms with van der Waals surface area (Å²) < 4.78 is 6.67. The summed E-state index contributed by atoms with van der Waals surface area (Å²) in [4.78, 5) is 51.3. The number of urea groups is 1. The zero-order chi connectivity index (χ0) is 27.6. The molecular weight excluding hydrogens is 642 g/mol. The average molecular weight is 662 g/mol. The van der Waals surface area contributed by atoms with Crippen molar-refractivity contribution in [3.63, 3.8) is 0 Å². The topological polar surface area (TPSA) is 105 Å². The lowest BCUT2D eigenvalue weighted by Gasteiger charge is -2.26. The minimum atomic E-state index is -0.871. The van der Waals surface area contributed by atoms with Crippen LogP contribution in [-0.2, 0) is 14.4 Å². The summed E-state index contributed by atoms with van der Waals surface area (Å²) in [7, 11) is 0. The van der Waals surface area contributed by atoms with Gasteiger partial charge >= 0.3 is 6.03 Å². The predicted octanol–water partition coefficient (Wildman–Crippen LogP) is 6.17. The number of nitrogens with one attached hydrogen (secondary N) is 2. The molecule has 11 heteroatoms. The van der Waals surface area contributed by atoms with Crippen molar-refractivity contribution in [1.82, 2.24) is 5.32 Å². The summed E-state index contributed by atoms with van der Waals surface area (Å²) in [6, 6.07) is 14.2. The number of rotatable bonds is 6. The first kappa shape index (κ1) is 27.6. The molecular formula is C27H20Br2ClN3O5. The zero-order valence-corrected chi connectivity index (χ0v) is 24.0. The van der Waals surface area contributed by atoms with Crippen molar-refractivity contribution >= 4 is 84.7 Å². The number of hydrogen-bond acceptors (Lipinski definition) is 5. The molecule has 0 bridgehead atoms. The fourth-order valence-corrected chi connectivity index (χ4v) is 5.32. The Morgan fingerprint density at radius 3 is 2.42 bits per heavy atom. The van der Waals surface area contributed by atoms with Gasteiger partial charge in [0.05, 0.1) is 14.6 Å². The molecule has 1 saturated heterocycles. The number of barbiturate groups is 1. The molecule has 38 heavy (non-hydrogen) atoms. The van der Waals surface area contributed by atoms with E-state index in [0.29, 0.717) is 31.0 Å². The summed E-state index contributed by atoms with van der Waals surface area (Å²) in [5, 5.41) is 5.34. The molecule has 1 fully saturated rings. The van der Waals surface area contributed by atoms with Gasteiger partial charge in [0.2, 0.25) is 0 Å². The van der Waals surface area contributed by atoms with Gasteiger partial charge in [-0.05, 0) is 105 Å². The number of benzene rings is 3. The Kier molecular flexibility index (Phi) is 8.35. The van der Waals surface area contributed by atoms with E-state index in [1.165, 1.54) is 18.2 Å². The number of halogens is 3. The number of ether oxygens (including phenoxy) is 1. The number of aryl methyl sites for hydroxylation is 1. The van der Waals surface area contributed by atoms with Crippen molar-refractivity contribution in [3.05, 3.63) is 90.8 Å². The average Bonchev–Trinajstić information content (AvgIpc) is 2.84. The van der Waals surface area contributed by atoms with Gasteiger partial charge < -0.3 is 10.1 Å². The van der Waals surface area contributed by atoms with Crippen LogP contribution in [0.5, 0.6) is 5.75 Å². The smallest absolute Gasteiger partial charge is 0.335 e. The van der Waals surface area contributed by atoms with E-state index < -0.39 is 17.8 Å². The summed E-state index contributed by atoms with van der Waals surface area (Å²) in [6.07, 6.45) is 1.36. The highest BCUT2D eigenvalue weighted by atomic mass is 79.9. The van der Waals surface area contributed by atoms with Crippen LogP contribution in [0.4, 0.5) is 16.2 Å². The van der Waals surface area contributed by atoms with Gasteiger partial charge in [-0.15, -0.1) is 0 Å². The van der Waals surface area contributed by atoms with Crippen molar-refractivity contribution < 1.29 is 23.9 Å². The molecule has 0 spiro atoms. The van der Waals surface area contributed by atoms with Gasteiger partial charge in [0.15, 0.2) is 6.61 Å². The van der Waals surface area contributed by atoms with Gasteiger partial charge in [0.1, 0.15) is 11.3 Å². The van der Waals surface area contributed by atoms with Gasteiger partial charge in [-0.2, -0.15) is 0 Å². The van der Waals surface area contributed by atoms with Crippen LogP contribution in [0, 0.1) is 13.8 Å². The van der Waals surface area contributed by atoms with Crippen LogP contribution in [0.1, 0.15) is 16.7 Å². The number of carbonyl (C=O) groups is 4. The number of carbonyl (C=O) groups excluding carboxylic acids is 4. The number of anilines is 2. The molecule has 0 aliphatic carbocycles. The van der Waals surface area contributed by atoms with E-state index in [2.05, 4.69) is 42.5 Å². The van der Waals surface area contributed by atoms with E-state index in [0.717, 1.165) is 16.0 Å². The first-order chi connectivity index (χ1) is 18.0. The molecule has 8 nitrogen and oxygen atoms in total. The third kappa shape index (κ3) is 5.98. The monoisotopic (exact) mass is 659 g/mol. The molecule has 3 aromatic carbocycles. The molecule has 0 radical (unpaired) electrons. The molecule has 0 unspecified atom stereocenters. The second kappa shape index (κ2) is 11.5. The van der Waals surface area contributed by atoms with Crippen LogP contribution in [-0.4, -0.2) is 30.4 Å². The Balaban J connectivity index is 1.53. The third-order valence-electron chi connectivity index (χ3n) is 5.73. The maximum Gasteiger partial charge on any atom is 0.335 e. The van der Waals surface area contributed by atoms with E-state index >= 15 is 0 Å². The molecule has 0 atom stereocenters. The van der Waals surface area contributed by atoms with Crippen molar-refractivity contribution in [1.29, 1.82) is 0 Å². The lowest BCUT2D eigenvalue weighted by molar-refractivity contribution is -0.122. The summed E-state index contributed by atoms with van der Waals surface area (Å²) >= 11 is 12.8. The third-order valence-corrected chi connectivity index (χ3v) is 7.14. The highest BCUT2D eigenvalue weighted by Crippen LogP contribution is 2.36. The van der Waals surface area contributed by atoms with E-state index in [1.807, 2.05) is 32.0 Å². The Labute approximate surface area is 240 Å². The Morgan fingerprint density at radius 2 is 1.74 bits per heavy atom. The van der Waals surface area contributed by atoms with Crippen LogP contribution in [0.3, 0.4) is 0 Å². The SMILES string of the molecule is Cc1cccc(NC(=O)COc2c(Br)cc(/C=C3\C(=O)NC(=O)N(c4cccc(Cl)c4)C3=O)cc2Br)c1C. The predicted molar refractivity (Wildman–Crippen MR) is 152 cm³/mol. The summed E-state index contributed by atoms with van der Waals surface area (Å²) in [5.74, 6) is -1.59. The number of nitrogens with zero attached hydrogens (tertiary/aromatic N) is 1. The van der Waals surface area contributed by atoms with Crippen LogP contribution in [0.15, 0.2) is 69.1 Å². The first-order valence-electron chi connectivity index (χ1n) is 11.2. The quantitative estimate of drug-likeness (QED) is 0.243. The lowest BCUT2D eigenvalue weighted by atomic mass is 10.1. The second-order valence-electron chi connectivity index (χ2n) is 8.34. The molecule has 1 heterocycles. The first-order valence-corrected chi connectivity index (χ1v) is 13.2. The highest BCUT2D eigenvalue weighted by molar-refractivity contribution is 9.11. The maximum absolute atomic E-state index is 13.1. The van der Waals surface area contributed by atoms with E-state index in [1.54, 1.807) is 24.3 Å². The molecule has 5 amide bonds. The van der Waals surface area contributed by atoms with Crippen LogP contribution in [0.2, 0.25) is 5.02 Å². The lowest BCUT2D eigenvalue weighted by Crippen LogP contribution is -2.54. The van der Waals surface area contributed by atoms with Crippen LogP contribution in [0.25, 0.3) is 6.08 Å². The molecule has 194 valence electrons. The Morgan fingerprint density at radius 1 is 1.05 bits per heavy atom. The zero-order valence-electron chi connectivity index (χ0n) is 20.1. The van der Waals surface area contributed by atoms with Gasteiger partial charge in [-0.3, -0.25) is 19.7 Å².